The molecule has 0 spiro atoms. The van der Waals surface area contributed by atoms with Crippen LogP contribution in [0.25, 0.3) is 0 Å². The van der Waals surface area contributed by atoms with Crippen LogP contribution in [-0.2, 0) is 17.8 Å². The van der Waals surface area contributed by atoms with Crippen LogP contribution in [0.1, 0.15) is 40.2 Å². The molecule has 7 heteroatoms. The third-order valence-corrected chi connectivity index (χ3v) is 5.39. The summed E-state index contributed by atoms with van der Waals surface area (Å²) < 4.78 is 1.90. The number of rotatable bonds is 8. The minimum absolute atomic E-state index is 0.0725. The Labute approximate surface area is 171 Å². The van der Waals surface area contributed by atoms with Gasteiger partial charge >= 0.3 is 0 Å². The molecule has 0 aliphatic carbocycles. The van der Waals surface area contributed by atoms with Gasteiger partial charge < -0.3 is 15.3 Å². The van der Waals surface area contributed by atoms with Gasteiger partial charge in [0, 0.05) is 43.9 Å². The summed E-state index contributed by atoms with van der Waals surface area (Å²) >= 11 is 0. The van der Waals surface area contributed by atoms with E-state index < -0.39 is 0 Å². The molecule has 156 valence electrons. The highest BCUT2D eigenvalue weighted by molar-refractivity contribution is 5.94. The van der Waals surface area contributed by atoms with Gasteiger partial charge in [0.1, 0.15) is 0 Å². The zero-order valence-corrected chi connectivity index (χ0v) is 17.2. The van der Waals surface area contributed by atoms with Crippen LogP contribution >= 0.6 is 0 Å². The van der Waals surface area contributed by atoms with Gasteiger partial charge in [0.15, 0.2) is 0 Å². The molecule has 0 bridgehead atoms. The molecule has 7 nitrogen and oxygen atoms in total. The average Bonchev–Trinajstić information content (AvgIpc) is 3.30. The monoisotopic (exact) mass is 398 g/mol. The molecule has 2 aromatic rings. The number of nitrogens with one attached hydrogen (secondary N) is 1. The SMILES string of the molecule is Cc1cc(C)n(CCC(=O)N2CCC(Cc3cccc(C(=O)NCCO)c3)C2)n1. The molecular formula is C22H30N4O3. The van der Waals surface area contributed by atoms with Crippen LogP contribution in [0, 0.1) is 19.8 Å². The molecule has 1 aliphatic rings. The third kappa shape index (κ3) is 5.67. The van der Waals surface area contributed by atoms with Crippen molar-refractivity contribution in [2.75, 3.05) is 26.2 Å². The summed E-state index contributed by atoms with van der Waals surface area (Å²) in [7, 11) is 0. The number of likely N-dealkylation sites (tertiary alicyclic amines) is 1. The topological polar surface area (TPSA) is 87.5 Å². The lowest BCUT2D eigenvalue weighted by atomic mass is 9.97. The minimum Gasteiger partial charge on any atom is -0.395 e. The summed E-state index contributed by atoms with van der Waals surface area (Å²) in [6.07, 6.45) is 2.30. The molecule has 3 rings (SSSR count). The maximum absolute atomic E-state index is 12.6. The first-order chi connectivity index (χ1) is 14.0. The maximum Gasteiger partial charge on any atom is 0.251 e. The number of hydrogen-bond donors (Lipinski definition) is 2. The van der Waals surface area contributed by atoms with Gasteiger partial charge in [0.05, 0.1) is 12.3 Å². The van der Waals surface area contributed by atoms with E-state index in [1.807, 2.05) is 47.7 Å². The Morgan fingerprint density at radius 1 is 1.28 bits per heavy atom. The Balaban J connectivity index is 1.50. The lowest BCUT2D eigenvalue weighted by molar-refractivity contribution is -0.130. The zero-order valence-electron chi connectivity index (χ0n) is 17.2. The summed E-state index contributed by atoms with van der Waals surface area (Å²) in [6, 6.07) is 9.61. The van der Waals surface area contributed by atoms with Gasteiger partial charge in [-0.15, -0.1) is 0 Å². The van der Waals surface area contributed by atoms with E-state index in [1.165, 1.54) is 0 Å². The van der Waals surface area contributed by atoms with E-state index in [-0.39, 0.29) is 25.0 Å². The third-order valence-electron chi connectivity index (χ3n) is 5.39. The van der Waals surface area contributed by atoms with E-state index in [0.29, 0.717) is 24.4 Å². The van der Waals surface area contributed by atoms with Crippen LogP contribution in [0.2, 0.25) is 0 Å². The van der Waals surface area contributed by atoms with Crippen LogP contribution in [0.15, 0.2) is 30.3 Å². The number of aliphatic hydroxyl groups is 1. The van der Waals surface area contributed by atoms with E-state index in [9.17, 15) is 9.59 Å². The number of aromatic nitrogens is 2. The van der Waals surface area contributed by atoms with Crippen molar-refractivity contribution in [1.29, 1.82) is 0 Å². The van der Waals surface area contributed by atoms with Crippen molar-refractivity contribution >= 4 is 11.8 Å². The summed E-state index contributed by atoms with van der Waals surface area (Å²) in [6.45, 7) is 6.31. The highest BCUT2D eigenvalue weighted by atomic mass is 16.3. The second-order valence-electron chi connectivity index (χ2n) is 7.78. The lowest BCUT2D eigenvalue weighted by Gasteiger charge is -2.17. The fraction of sp³-hybridized carbons (Fsp3) is 0.500. The van der Waals surface area contributed by atoms with Crippen molar-refractivity contribution in [1.82, 2.24) is 20.0 Å². The summed E-state index contributed by atoms with van der Waals surface area (Å²) in [4.78, 5) is 26.6. The highest BCUT2D eigenvalue weighted by Gasteiger charge is 2.26. The molecule has 2 heterocycles. The number of carbonyl (C=O) groups is 2. The maximum atomic E-state index is 12.6. The van der Waals surface area contributed by atoms with Crippen molar-refractivity contribution in [2.24, 2.45) is 5.92 Å². The molecule has 1 fully saturated rings. The second kappa shape index (κ2) is 9.69. The van der Waals surface area contributed by atoms with Gasteiger partial charge in [-0.25, -0.2) is 0 Å². The molecule has 2 amide bonds. The summed E-state index contributed by atoms with van der Waals surface area (Å²) in [5.74, 6) is 0.411. The van der Waals surface area contributed by atoms with Crippen LogP contribution in [0.4, 0.5) is 0 Å². The Kier molecular flexibility index (Phi) is 7.04. The number of aliphatic hydroxyl groups excluding tert-OH is 1. The van der Waals surface area contributed by atoms with Crippen molar-refractivity contribution in [3.05, 3.63) is 52.8 Å². The molecule has 1 saturated heterocycles. The van der Waals surface area contributed by atoms with Crippen LogP contribution in [0.3, 0.4) is 0 Å². The first-order valence-corrected chi connectivity index (χ1v) is 10.2. The number of nitrogens with zero attached hydrogens (tertiary/aromatic N) is 3. The Morgan fingerprint density at radius 2 is 2.10 bits per heavy atom. The number of benzene rings is 1. The van der Waals surface area contributed by atoms with Crippen LogP contribution in [-0.4, -0.2) is 57.8 Å². The smallest absolute Gasteiger partial charge is 0.251 e. The molecule has 29 heavy (non-hydrogen) atoms. The van der Waals surface area contributed by atoms with E-state index in [0.717, 1.165) is 42.9 Å². The summed E-state index contributed by atoms with van der Waals surface area (Å²) in [5, 5.41) is 15.9. The van der Waals surface area contributed by atoms with Gasteiger partial charge in [-0.2, -0.15) is 5.10 Å². The lowest BCUT2D eigenvalue weighted by Crippen LogP contribution is -2.30. The normalized spacial score (nSPS) is 16.2. The van der Waals surface area contributed by atoms with Crippen molar-refractivity contribution in [3.63, 3.8) is 0 Å². The van der Waals surface area contributed by atoms with Crippen molar-refractivity contribution in [2.45, 2.75) is 39.7 Å². The Morgan fingerprint density at radius 3 is 2.83 bits per heavy atom. The first-order valence-electron chi connectivity index (χ1n) is 10.2. The minimum atomic E-state index is -0.173. The van der Waals surface area contributed by atoms with Crippen molar-refractivity contribution in [3.8, 4) is 0 Å². The predicted octanol–water partition coefficient (Wildman–Crippen LogP) is 1.70. The first kappa shape index (κ1) is 21.0. The molecule has 1 atom stereocenters. The molecule has 1 aromatic heterocycles. The molecule has 2 N–H and O–H groups in total. The number of carbonyl (C=O) groups excluding carboxylic acids is 2. The van der Waals surface area contributed by atoms with Crippen LogP contribution in [0.5, 0.6) is 0 Å². The van der Waals surface area contributed by atoms with Gasteiger partial charge in [0.2, 0.25) is 5.91 Å². The average molecular weight is 399 g/mol. The molecule has 1 aromatic carbocycles. The molecule has 0 radical (unpaired) electrons. The van der Waals surface area contributed by atoms with Crippen LogP contribution < -0.4 is 5.32 Å². The van der Waals surface area contributed by atoms with Gasteiger partial charge in [-0.1, -0.05) is 12.1 Å². The number of aryl methyl sites for hydroxylation is 3. The zero-order chi connectivity index (χ0) is 20.8. The highest BCUT2D eigenvalue weighted by Crippen LogP contribution is 2.22. The number of hydrogen-bond acceptors (Lipinski definition) is 4. The molecular weight excluding hydrogens is 368 g/mol. The van der Waals surface area contributed by atoms with E-state index in [4.69, 9.17) is 5.11 Å². The largest absolute Gasteiger partial charge is 0.395 e. The molecule has 1 aliphatic heterocycles. The van der Waals surface area contributed by atoms with Gasteiger partial charge in [-0.3, -0.25) is 14.3 Å². The standard InChI is InChI=1S/C22H30N4O3/c1-16-12-17(2)26(24-16)10-7-21(28)25-9-6-19(15-25)13-18-4-3-5-20(14-18)22(29)23-8-11-27/h3-5,12,14,19,27H,6-11,13,15H2,1-2H3,(H,23,29). The van der Waals surface area contributed by atoms with E-state index in [2.05, 4.69) is 10.4 Å². The number of amides is 2. The van der Waals surface area contributed by atoms with Crippen molar-refractivity contribution < 1.29 is 14.7 Å². The van der Waals surface area contributed by atoms with E-state index in [1.54, 1.807) is 6.07 Å². The van der Waals surface area contributed by atoms with Gasteiger partial charge in [-0.05, 0) is 56.4 Å². The summed E-state index contributed by atoms with van der Waals surface area (Å²) in [5.41, 5.74) is 3.76. The van der Waals surface area contributed by atoms with E-state index >= 15 is 0 Å². The molecule has 1 unspecified atom stereocenters. The second-order valence-corrected chi connectivity index (χ2v) is 7.78. The van der Waals surface area contributed by atoms with Gasteiger partial charge in [0.25, 0.3) is 5.91 Å². The fourth-order valence-electron chi connectivity index (χ4n) is 3.93. The predicted molar refractivity (Wildman–Crippen MR) is 111 cm³/mol. The molecule has 0 saturated carbocycles. The fourth-order valence-corrected chi connectivity index (χ4v) is 3.93. The Bertz CT molecular complexity index is 861. The Hall–Kier alpha value is -2.67. The quantitative estimate of drug-likeness (QED) is 0.709.